The topological polar surface area (TPSA) is 15.3 Å². The molecule has 0 aromatic rings. The average Bonchev–Trinajstić information content (AvgIpc) is 3.15. The first kappa shape index (κ1) is 13.4. The van der Waals surface area contributed by atoms with Crippen molar-refractivity contribution < 1.29 is 0 Å². The minimum Gasteiger partial charge on any atom is -0.311 e. The standard InChI is InChI=1S/C15H30N2/c1-5-7-14-10-17(12(3)6-2)15(4,11-16-14)13-8-9-13/h12-14,16H,5-11H2,1-4H3. The Morgan fingerprint density at radius 2 is 2.06 bits per heavy atom. The summed E-state index contributed by atoms with van der Waals surface area (Å²) in [4.78, 5) is 2.82. The number of hydrogen-bond acceptors (Lipinski definition) is 2. The van der Waals surface area contributed by atoms with E-state index in [1.807, 2.05) is 0 Å². The van der Waals surface area contributed by atoms with Crippen LogP contribution in [-0.2, 0) is 0 Å². The quantitative estimate of drug-likeness (QED) is 0.792. The van der Waals surface area contributed by atoms with Gasteiger partial charge in [-0.05, 0) is 45.4 Å². The average molecular weight is 238 g/mol. The molecule has 2 rings (SSSR count). The van der Waals surface area contributed by atoms with Gasteiger partial charge in [0, 0.05) is 30.7 Å². The lowest BCUT2D eigenvalue weighted by atomic mass is 9.87. The Bertz CT molecular complexity index is 249. The first-order chi connectivity index (χ1) is 8.11. The molecule has 17 heavy (non-hydrogen) atoms. The molecule has 3 atom stereocenters. The number of nitrogens with one attached hydrogen (secondary N) is 1. The fourth-order valence-electron chi connectivity index (χ4n) is 3.49. The Kier molecular flexibility index (Phi) is 4.14. The van der Waals surface area contributed by atoms with Crippen molar-refractivity contribution >= 4 is 0 Å². The smallest absolute Gasteiger partial charge is 0.0337 e. The highest BCUT2D eigenvalue weighted by atomic mass is 15.3. The zero-order chi connectivity index (χ0) is 12.5. The van der Waals surface area contributed by atoms with E-state index in [0.717, 1.165) is 18.0 Å². The summed E-state index contributed by atoms with van der Waals surface area (Å²) in [6.07, 6.45) is 6.80. The van der Waals surface area contributed by atoms with Crippen molar-refractivity contribution in [1.82, 2.24) is 10.2 Å². The van der Waals surface area contributed by atoms with Crippen LogP contribution in [0.2, 0.25) is 0 Å². The van der Waals surface area contributed by atoms with Gasteiger partial charge >= 0.3 is 0 Å². The summed E-state index contributed by atoms with van der Waals surface area (Å²) in [7, 11) is 0. The molecule has 0 aromatic carbocycles. The maximum absolute atomic E-state index is 3.80. The molecule has 0 bridgehead atoms. The Labute approximate surface area is 107 Å². The Hall–Kier alpha value is -0.0800. The molecule has 2 aliphatic rings. The molecule has 2 heteroatoms. The van der Waals surface area contributed by atoms with Crippen LogP contribution in [0.3, 0.4) is 0 Å². The lowest BCUT2D eigenvalue weighted by Gasteiger charge is -2.51. The normalized spacial score (nSPS) is 37.1. The molecule has 0 radical (unpaired) electrons. The van der Waals surface area contributed by atoms with Gasteiger partial charge in [-0.3, -0.25) is 4.90 Å². The molecule has 100 valence electrons. The molecular formula is C15H30N2. The highest BCUT2D eigenvalue weighted by Crippen LogP contribution is 2.45. The molecule has 0 amide bonds. The molecule has 3 unspecified atom stereocenters. The second kappa shape index (κ2) is 5.27. The minimum atomic E-state index is 0.430. The molecule has 2 nitrogen and oxygen atoms in total. The zero-order valence-corrected chi connectivity index (χ0v) is 12.1. The van der Waals surface area contributed by atoms with Crippen molar-refractivity contribution in [2.24, 2.45) is 5.92 Å². The van der Waals surface area contributed by atoms with Crippen LogP contribution >= 0.6 is 0 Å². The second-order valence-corrected chi connectivity index (χ2v) is 6.41. The van der Waals surface area contributed by atoms with E-state index in [-0.39, 0.29) is 0 Å². The minimum absolute atomic E-state index is 0.430. The van der Waals surface area contributed by atoms with Gasteiger partial charge in [0.2, 0.25) is 0 Å². The van der Waals surface area contributed by atoms with Crippen molar-refractivity contribution in [2.75, 3.05) is 13.1 Å². The largest absolute Gasteiger partial charge is 0.311 e. The summed E-state index contributed by atoms with van der Waals surface area (Å²) < 4.78 is 0. The second-order valence-electron chi connectivity index (χ2n) is 6.41. The number of hydrogen-bond donors (Lipinski definition) is 1. The third kappa shape index (κ3) is 2.68. The highest BCUT2D eigenvalue weighted by Gasteiger charge is 2.49. The number of rotatable bonds is 5. The highest BCUT2D eigenvalue weighted by molar-refractivity contribution is 5.05. The molecule has 1 N–H and O–H groups in total. The maximum Gasteiger partial charge on any atom is 0.0337 e. The van der Waals surface area contributed by atoms with E-state index >= 15 is 0 Å². The summed E-state index contributed by atoms with van der Waals surface area (Å²) >= 11 is 0. The van der Waals surface area contributed by atoms with Gasteiger partial charge in [0.15, 0.2) is 0 Å². The Balaban J connectivity index is 2.06. The van der Waals surface area contributed by atoms with Gasteiger partial charge in [-0.1, -0.05) is 20.3 Å². The fourth-order valence-corrected chi connectivity index (χ4v) is 3.49. The van der Waals surface area contributed by atoms with Gasteiger partial charge in [0.25, 0.3) is 0 Å². The first-order valence-corrected chi connectivity index (χ1v) is 7.62. The van der Waals surface area contributed by atoms with E-state index in [2.05, 4.69) is 37.9 Å². The van der Waals surface area contributed by atoms with Gasteiger partial charge in [-0.2, -0.15) is 0 Å². The molecule has 0 aromatic heterocycles. The number of piperazine rings is 1. The van der Waals surface area contributed by atoms with Crippen molar-refractivity contribution in [3.63, 3.8) is 0 Å². The summed E-state index contributed by atoms with van der Waals surface area (Å²) in [5.41, 5.74) is 0.430. The molecule has 1 saturated carbocycles. The summed E-state index contributed by atoms with van der Waals surface area (Å²) in [5, 5.41) is 3.80. The van der Waals surface area contributed by atoms with Gasteiger partial charge in [0.05, 0.1) is 0 Å². The predicted molar refractivity (Wildman–Crippen MR) is 74.3 cm³/mol. The van der Waals surface area contributed by atoms with E-state index in [1.54, 1.807) is 0 Å². The van der Waals surface area contributed by atoms with Crippen LogP contribution in [0, 0.1) is 5.92 Å². The molecule has 1 aliphatic heterocycles. The summed E-state index contributed by atoms with van der Waals surface area (Å²) in [5.74, 6) is 0.951. The molecule has 0 spiro atoms. The number of nitrogens with zero attached hydrogens (tertiary/aromatic N) is 1. The molecule has 1 heterocycles. The van der Waals surface area contributed by atoms with Crippen molar-refractivity contribution in [1.29, 1.82) is 0 Å². The van der Waals surface area contributed by atoms with Gasteiger partial charge < -0.3 is 5.32 Å². The van der Waals surface area contributed by atoms with Crippen molar-refractivity contribution in [2.45, 2.75) is 77.4 Å². The molecular weight excluding hydrogens is 208 g/mol. The van der Waals surface area contributed by atoms with Gasteiger partial charge in [-0.15, -0.1) is 0 Å². The molecule has 1 aliphatic carbocycles. The van der Waals surface area contributed by atoms with Crippen LogP contribution in [0.1, 0.15) is 59.8 Å². The first-order valence-electron chi connectivity index (χ1n) is 7.62. The van der Waals surface area contributed by atoms with E-state index in [0.29, 0.717) is 5.54 Å². The van der Waals surface area contributed by atoms with Crippen LogP contribution in [-0.4, -0.2) is 35.6 Å². The van der Waals surface area contributed by atoms with Crippen molar-refractivity contribution in [3.8, 4) is 0 Å². The van der Waals surface area contributed by atoms with Crippen LogP contribution in [0.4, 0.5) is 0 Å². The van der Waals surface area contributed by atoms with Crippen molar-refractivity contribution in [3.05, 3.63) is 0 Å². The Morgan fingerprint density at radius 1 is 1.35 bits per heavy atom. The van der Waals surface area contributed by atoms with E-state index in [1.165, 1.54) is 45.2 Å². The zero-order valence-electron chi connectivity index (χ0n) is 12.1. The van der Waals surface area contributed by atoms with Gasteiger partial charge in [-0.25, -0.2) is 0 Å². The van der Waals surface area contributed by atoms with E-state index in [9.17, 15) is 0 Å². The van der Waals surface area contributed by atoms with E-state index < -0.39 is 0 Å². The molecule has 2 fully saturated rings. The Morgan fingerprint density at radius 3 is 2.59 bits per heavy atom. The summed E-state index contributed by atoms with van der Waals surface area (Å²) in [6.45, 7) is 12.0. The van der Waals surface area contributed by atoms with Crippen LogP contribution < -0.4 is 5.32 Å². The SMILES string of the molecule is CCCC1CN(C(C)CC)C(C)(C2CC2)CN1. The third-order valence-corrected chi connectivity index (χ3v) is 5.04. The lowest BCUT2D eigenvalue weighted by molar-refractivity contribution is 0.00101. The summed E-state index contributed by atoms with van der Waals surface area (Å²) in [6, 6.07) is 1.46. The monoisotopic (exact) mass is 238 g/mol. The van der Waals surface area contributed by atoms with E-state index in [4.69, 9.17) is 0 Å². The van der Waals surface area contributed by atoms with Crippen LogP contribution in [0.15, 0.2) is 0 Å². The van der Waals surface area contributed by atoms with Crippen LogP contribution in [0.5, 0.6) is 0 Å². The molecule has 1 saturated heterocycles. The lowest BCUT2D eigenvalue weighted by Crippen LogP contribution is -2.66. The van der Waals surface area contributed by atoms with Crippen LogP contribution in [0.25, 0.3) is 0 Å². The third-order valence-electron chi connectivity index (χ3n) is 5.04. The maximum atomic E-state index is 3.80. The predicted octanol–water partition coefficient (Wildman–Crippen LogP) is 3.03. The fraction of sp³-hybridized carbons (Fsp3) is 1.00. The van der Waals surface area contributed by atoms with Gasteiger partial charge in [0.1, 0.15) is 0 Å².